The maximum absolute atomic E-state index is 12.9. The Hall–Kier alpha value is -3.73. The zero-order valence-electron chi connectivity index (χ0n) is 16.0. The molecule has 5 heteroatoms. The van der Waals surface area contributed by atoms with Crippen molar-refractivity contribution in [3.05, 3.63) is 101 Å². The van der Waals surface area contributed by atoms with E-state index in [1.807, 2.05) is 54.6 Å². The number of aryl methyl sites for hydroxylation is 2. The molecule has 0 unspecified atom stereocenters. The van der Waals surface area contributed by atoms with Gasteiger partial charge in [0.15, 0.2) is 0 Å². The van der Waals surface area contributed by atoms with E-state index in [1.54, 1.807) is 29.0 Å². The van der Waals surface area contributed by atoms with Crippen LogP contribution in [0.2, 0.25) is 0 Å². The van der Waals surface area contributed by atoms with Gasteiger partial charge in [0.1, 0.15) is 0 Å². The minimum Gasteiger partial charge on any atom is -0.465 e. The molecule has 0 radical (unpaired) electrons. The van der Waals surface area contributed by atoms with E-state index < -0.39 is 0 Å². The number of methoxy groups -OCH3 is 1. The van der Waals surface area contributed by atoms with Crippen molar-refractivity contribution in [1.82, 2.24) is 9.55 Å². The first-order valence-electron chi connectivity index (χ1n) is 9.38. The molecule has 0 aliphatic rings. The summed E-state index contributed by atoms with van der Waals surface area (Å²) in [6.45, 7) is 0.553. The van der Waals surface area contributed by atoms with Gasteiger partial charge in [0.05, 0.1) is 18.2 Å². The van der Waals surface area contributed by atoms with E-state index in [4.69, 9.17) is 4.74 Å². The second-order valence-electron chi connectivity index (χ2n) is 6.71. The zero-order valence-corrected chi connectivity index (χ0v) is 16.0. The number of carbonyl (C=O) groups is 1. The first kappa shape index (κ1) is 18.6. The number of benzene rings is 2. The molecule has 0 spiro atoms. The lowest BCUT2D eigenvalue weighted by molar-refractivity contribution is 0.0601. The molecule has 144 valence electrons. The van der Waals surface area contributed by atoms with E-state index in [2.05, 4.69) is 4.98 Å². The van der Waals surface area contributed by atoms with Crippen molar-refractivity contribution in [2.75, 3.05) is 7.11 Å². The van der Waals surface area contributed by atoms with Crippen LogP contribution in [0.4, 0.5) is 0 Å². The molecule has 0 fully saturated rings. The van der Waals surface area contributed by atoms with Gasteiger partial charge in [-0.1, -0.05) is 36.4 Å². The lowest BCUT2D eigenvalue weighted by atomic mass is 9.99. The van der Waals surface area contributed by atoms with Gasteiger partial charge in [-0.2, -0.15) is 0 Å². The average Bonchev–Trinajstić information content (AvgIpc) is 2.78. The summed E-state index contributed by atoms with van der Waals surface area (Å²) < 4.78 is 6.54. The van der Waals surface area contributed by atoms with Crippen molar-refractivity contribution >= 4 is 16.9 Å². The molecule has 2 aromatic heterocycles. The van der Waals surface area contributed by atoms with Gasteiger partial charge in [0.2, 0.25) is 0 Å². The molecule has 0 saturated carbocycles. The molecule has 29 heavy (non-hydrogen) atoms. The summed E-state index contributed by atoms with van der Waals surface area (Å²) in [6, 6.07) is 22.4. The summed E-state index contributed by atoms with van der Waals surface area (Å²) in [6.07, 6.45) is 2.44. The zero-order chi connectivity index (χ0) is 20.2. The lowest BCUT2D eigenvalue weighted by Crippen LogP contribution is -2.21. The van der Waals surface area contributed by atoms with Crippen LogP contribution in [0, 0.1) is 0 Å². The topological polar surface area (TPSA) is 61.2 Å². The van der Waals surface area contributed by atoms with Gasteiger partial charge < -0.3 is 9.30 Å². The largest absolute Gasteiger partial charge is 0.465 e. The third-order valence-corrected chi connectivity index (χ3v) is 4.95. The number of rotatable bonds is 5. The molecule has 0 atom stereocenters. The van der Waals surface area contributed by atoms with Gasteiger partial charge in [-0.3, -0.25) is 9.78 Å². The molecule has 0 amide bonds. The molecule has 0 N–H and O–H groups in total. The average molecular weight is 384 g/mol. The first-order valence-corrected chi connectivity index (χ1v) is 9.38. The molecule has 0 saturated heterocycles. The van der Waals surface area contributed by atoms with Gasteiger partial charge in [-0.05, 0) is 41.5 Å². The lowest BCUT2D eigenvalue weighted by Gasteiger charge is -2.14. The van der Waals surface area contributed by atoms with Gasteiger partial charge >= 0.3 is 5.97 Å². The van der Waals surface area contributed by atoms with Crippen LogP contribution in [0.5, 0.6) is 0 Å². The van der Waals surface area contributed by atoms with Crippen molar-refractivity contribution in [2.45, 2.75) is 13.0 Å². The summed E-state index contributed by atoms with van der Waals surface area (Å²) in [5, 5.41) is 0.985. The Morgan fingerprint density at radius 3 is 2.48 bits per heavy atom. The van der Waals surface area contributed by atoms with Crippen LogP contribution in [-0.2, 0) is 17.7 Å². The third kappa shape index (κ3) is 3.80. The smallest absolute Gasteiger partial charge is 0.337 e. The standard InChI is InChI=1S/C24H20N2O3/c1-29-24(28)18-11-9-17(10-12-18)21-16-23(27)26(22-8-3-2-7-20(21)22)15-13-19-6-4-5-14-25-19/h2-12,14,16H,13,15H2,1H3. The summed E-state index contributed by atoms with van der Waals surface area (Å²) in [4.78, 5) is 29.0. The summed E-state index contributed by atoms with van der Waals surface area (Å²) >= 11 is 0. The number of ether oxygens (including phenoxy) is 1. The maximum atomic E-state index is 12.9. The number of carbonyl (C=O) groups excluding carboxylic acids is 1. The third-order valence-electron chi connectivity index (χ3n) is 4.95. The van der Waals surface area contributed by atoms with Gasteiger partial charge in [0.25, 0.3) is 5.56 Å². The van der Waals surface area contributed by atoms with E-state index >= 15 is 0 Å². The van der Waals surface area contributed by atoms with E-state index in [1.165, 1.54) is 7.11 Å². The highest BCUT2D eigenvalue weighted by Crippen LogP contribution is 2.27. The number of hydrogen-bond acceptors (Lipinski definition) is 4. The summed E-state index contributed by atoms with van der Waals surface area (Å²) in [5.41, 5.74) is 3.96. The van der Waals surface area contributed by atoms with Crippen LogP contribution in [0.15, 0.2) is 83.8 Å². The molecule has 0 bridgehead atoms. The Balaban J connectivity index is 1.75. The van der Waals surface area contributed by atoms with Crippen LogP contribution in [-0.4, -0.2) is 22.6 Å². The number of para-hydroxylation sites is 1. The molecule has 0 aliphatic heterocycles. The van der Waals surface area contributed by atoms with Crippen LogP contribution in [0.3, 0.4) is 0 Å². The number of nitrogens with zero attached hydrogens (tertiary/aromatic N) is 2. The van der Waals surface area contributed by atoms with Gasteiger partial charge in [0, 0.05) is 36.3 Å². The highest BCUT2D eigenvalue weighted by molar-refractivity contribution is 5.96. The number of aromatic nitrogens is 2. The Morgan fingerprint density at radius 1 is 1.00 bits per heavy atom. The van der Waals surface area contributed by atoms with E-state index in [0.29, 0.717) is 18.5 Å². The summed E-state index contributed by atoms with van der Waals surface area (Å²) in [7, 11) is 1.36. The van der Waals surface area contributed by atoms with E-state index in [0.717, 1.165) is 27.7 Å². The predicted molar refractivity (Wildman–Crippen MR) is 113 cm³/mol. The highest BCUT2D eigenvalue weighted by Gasteiger charge is 2.12. The fourth-order valence-electron chi connectivity index (χ4n) is 3.48. The Labute approximate surface area is 168 Å². The van der Waals surface area contributed by atoms with Crippen LogP contribution >= 0.6 is 0 Å². The summed E-state index contributed by atoms with van der Waals surface area (Å²) in [5.74, 6) is -0.383. The van der Waals surface area contributed by atoms with Crippen molar-refractivity contribution in [3.8, 4) is 11.1 Å². The molecule has 0 aliphatic carbocycles. The Bertz CT molecular complexity index is 1210. The first-order chi connectivity index (χ1) is 14.2. The number of hydrogen-bond donors (Lipinski definition) is 0. The second kappa shape index (κ2) is 8.10. The predicted octanol–water partition coefficient (Wildman–Crippen LogP) is 4.09. The van der Waals surface area contributed by atoms with Crippen LogP contribution < -0.4 is 5.56 Å². The fraction of sp³-hybridized carbons (Fsp3) is 0.125. The van der Waals surface area contributed by atoms with Crippen molar-refractivity contribution < 1.29 is 9.53 Å². The number of fused-ring (bicyclic) bond motifs is 1. The normalized spacial score (nSPS) is 10.8. The maximum Gasteiger partial charge on any atom is 0.337 e. The molecular weight excluding hydrogens is 364 g/mol. The van der Waals surface area contributed by atoms with Crippen molar-refractivity contribution in [3.63, 3.8) is 0 Å². The van der Waals surface area contributed by atoms with E-state index in [-0.39, 0.29) is 11.5 Å². The quantitative estimate of drug-likeness (QED) is 0.486. The second-order valence-corrected chi connectivity index (χ2v) is 6.71. The molecule has 4 aromatic rings. The molecule has 2 heterocycles. The van der Waals surface area contributed by atoms with Crippen molar-refractivity contribution in [1.29, 1.82) is 0 Å². The Kier molecular flexibility index (Phi) is 5.20. The SMILES string of the molecule is COC(=O)c1ccc(-c2cc(=O)n(CCc3ccccn3)c3ccccc23)cc1. The minimum absolute atomic E-state index is 0.0633. The Morgan fingerprint density at radius 2 is 1.76 bits per heavy atom. The molecular formula is C24H20N2O3. The number of pyridine rings is 2. The monoisotopic (exact) mass is 384 g/mol. The highest BCUT2D eigenvalue weighted by atomic mass is 16.5. The molecule has 5 nitrogen and oxygen atoms in total. The van der Waals surface area contributed by atoms with Crippen LogP contribution in [0.1, 0.15) is 16.1 Å². The molecule has 2 aromatic carbocycles. The van der Waals surface area contributed by atoms with Gasteiger partial charge in [-0.25, -0.2) is 4.79 Å². The minimum atomic E-state index is -0.383. The van der Waals surface area contributed by atoms with E-state index in [9.17, 15) is 9.59 Å². The van der Waals surface area contributed by atoms with Crippen LogP contribution in [0.25, 0.3) is 22.0 Å². The van der Waals surface area contributed by atoms with Gasteiger partial charge in [-0.15, -0.1) is 0 Å². The molecule has 4 rings (SSSR count). The fourth-order valence-corrected chi connectivity index (χ4v) is 3.48. The van der Waals surface area contributed by atoms with Crippen molar-refractivity contribution in [2.24, 2.45) is 0 Å². The number of esters is 1.